The van der Waals surface area contributed by atoms with Crippen molar-refractivity contribution < 1.29 is 14.3 Å². The maximum Gasteiger partial charge on any atom is 0.314 e. The first-order valence-corrected chi connectivity index (χ1v) is 5.95. The van der Waals surface area contributed by atoms with Gasteiger partial charge in [-0.15, -0.1) is 0 Å². The Morgan fingerprint density at radius 3 is 2.43 bits per heavy atom. The van der Waals surface area contributed by atoms with E-state index in [9.17, 15) is 4.79 Å². The van der Waals surface area contributed by atoms with E-state index in [-0.39, 0.29) is 12.6 Å². The fourth-order valence-electron chi connectivity index (χ4n) is 0.684. The van der Waals surface area contributed by atoms with E-state index in [2.05, 4.69) is 0 Å². The SMILES string of the molecule is CCOC(=O)C(C)(C)COC(=S)SC. The Morgan fingerprint density at radius 2 is 2.00 bits per heavy atom. The van der Waals surface area contributed by atoms with Crippen molar-refractivity contribution in [1.29, 1.82) is 0 Å². The van der Waals surface area contributed by atoms with E-state index in [0.29, 0.717) is 11.0 Å². The maximum atomic E-state index is 11.4. The summed E-state index contributed by atoms with van der Waals surface area (Å²) >= 11 is 6.21. The second kappa shape index (κ2) is 6.24. The molecular weight excluding hydrogens is 220 g/mol. The summed E-state index contributed by atoms with van der Waals surface area (Å²) in [6, 6.07) is 0. The molecule has 0 bridgehead atoms. The molecule has 0 aromatic heterocycles. The zero-order chi connectivity index (χ0) is 11.2. The highest BCUT2D eigenvalue weighted by Crippen LogP contribution is 2.19. The van der Waals surface area contributed by atoms with Crippen molar-refractivity contribution in [1.82, 2.24) is 0 Å². The van der Waals surface area contributed by atoms with Crippen molar-refractivity contribution in [3.05, 3.63) is 0 Å². The lowest BCUT2D eigenvalue weighted by Crippen LogP contribution is -2.32. The van der Waals surface area contributed by atoms with Crippen molar-refractivity contribution in [3.8, 4) is 0 Å². The molecule has 0 aliphatic rings. The van der Waals surface area contributed by atoms with Gasteiger partial charge in [0.05, 0.1) is 12.0 Å². The molecule has 0 amide bonds. The molecule has 0 saturated heterocycles. The minimum atomic E-state index is -0.643. The van der Waals surface area contributed by atoms with Crippen LogP contribution >= 0.6 is 24.0 Å². The van der Waals surface area contributed by atoms with Crippen molar-refractivity contribution in [2.75, 3.05) is 19.5 Å². The number of hydrogen-bond acceptors (Lipinski definition) is 5. The van der Waals surface area contributed by atoms with Gasteiger partial charge >= 0.3 is 5.97 Å². The Hall–Kier alpha value is -0.290. The molecule has 14 heavy (non-hydrogen) atoms. The largest absolute Gasteiger partial charge is 0.477 e. The van der Waals surface area contributed by atoms with E-state index in [1.54, 1.807) is 20.8 Å². The first-order chi connectivity index (χ1) is 6.44. The molecule has 0 aromatic carbocycles. The third-order valence-corrected chi connectivity index (χ3v) is 2.61. The highest BCUT2D eigenvalue weighted by Gasteiger charge is 2.30. The number of ether oxygens (including phenoxy) is 2. The molecule has 0 aliphatic heterocycles. The summed E-state index contributed by atoms with van der Waals surface area (Å²) in [7, 11) is 0. The van der Waals surface area contributed by atoms with Crippen LogP contribution in [0.2, 0.25) is 0 Å². The molecule has 0 rings (SSSR count). The molecule has 0 aromatic rings. The fraction of sp³-hybridized carbons (Fsp3) is 0.778. The average Bonchev–Trinajstić information content (AvgIpc) is 2.14. The first-order valence-electron chi connectivity index (χ1n) is 4.32. The quantitative estimate of drug-likeness (QED) is 0.552. The maximum absolute atomic E-state index is 11.4. The van der Waals surface area contributed by atoms with Crippen molar-refractivity contribution >= 4 is 34.3 Å². The number of carbonyl (C=O) groups is 1. The van der Waals surface area contributed by atoms with E-state index in [4.69, 9.17) is 21.7 Å². The third-order valence-electron chi connectivity index (χ3n) is 1.55. The van der Waals surface area contributed by atoms with Gasteiger partial charge in [-0.1, -0.05) is 11.8 Å². The minimum Gasteiger partial charge on any atom is -0.477 e. The first kappa shape index (κ1) is 13.7. The molecule has 0 atom stereocenters. The van der Waals surface area contributed by atoms with Crippen LogP contribution in [0.15, 0.2) is 0 Å². The highest BCUT2D eigenvalue weighted by atomic mass is 32.2. The Balaban J connectivity index is 4.06. The fourth-order valence-corrected chi connectivity index (χ4v) is 0.919. The summed E-state index contributed by atoms with van der Waals surface area (Å²) in [6.45, 7) is 5.96. The van der Waals surface area contributed by atoms with Gasteiger partial charge in [0, 0.05) is 0 Å². The monoisotopic (exact) mass is 236 g/mol. The summed E-state index contributed by atoms with van der Waals surface area (Å²) in [5.41, 5.74) is -0.643. The predicted octanol–water partition coefficient (Wildman–Crippen LogP) is 2.24. The number of thioether (sulfide) groups is 1. The standard InChI is InChI=1S/C9H16O3S2/c1-5-11-7(10)9(2,3)6-12-8(13)14-4/h5-6H2,1-4H3. The van der Waals surface area contributed by atoms with Crippen molar-refractivity contribution in [3.63, 3.8) is 0 Å². The van der Waals surface area contributed by atoms with Gasteiger partial charge in [0.15, 0.2) is 0 Å². The van der Waals surface area contributed by atoms with Gasteiger partial charge in [-0.05, 0) is 39.2 Å². The van der Waals surface area contributed by atoms with Gasteiger partial charge in [0.2, 0.25) is 4.38 Å². The van der Waals surface area contributed by atoms with Gasteiger partial charge in [-0.25, -0.2) is 0 Å². The third kappa shape index (κ3) is 4.81. The second-order valence-corrected chi connectivity index (χ2v) is 4.76. The van der Waals surface area contributed by atoms with Crippen LogP contribution in [0.5, 0.6) is 0 Å². The van der Waals surface area contributed by atoms with Gasteiger partial charge in [-0.2, -0.15) is 0 Å². The Bertz CT molecular complexity index is 214. The Labute approximate surface area is 94.5 Å². The van der Waals surface area contributed by atoms with Crippen molar-refractivity contribution in [2.24, 2.45) is 5.41 Å². The van der Waals surface area contributed by atoms with Crippen molar-refractivity contribution in [2.45, 2.75) is 20.8 Å². The Kier molecular flexibility index (Phi) is 6.11. The topological polar surface area (TPSA) is 35.5 Å². The van der Waals surface area contributed by atoms with E-state index >= 15 is 0 Å². The molecule has 0 radical (unpaired) electrons. The number of hydrogen-bond donors (Lipinski definition) is 0. The predicted molar refractivity (Wildman–Crippen MR) is 62.5 cm³/mol. The highest BCUT2D eigenvalue weighted by molar-refractivity contribution is 8.22. The van der Waals surface area contributed by atoms with Crippen LogP contribution in [-0.4, -0.2) is 29.8 Å². The van der Waals surface area contributed by atoms with Crippen LogP contribution in [0.4, 0.5) is 0 Å². The molecule has 0 saturated carbocycles. The summed E-state index contributed by atoms with van der Waals surface area (Å²) in [4.78, 5) is 11.4. The molecule has 82 valence electrons. The molecule has 0 fully saturated rings. The van der Waals surface area contributed by atoms with Gasteiger partial charge in [0.25, 0.3) is 0 Å². The zero-order valence-electron chi connectivity index (χ0n) is 8.96. The lowest BCUT2D eigenvalue weighted by molar-refractivity contribution is -0.155. The molecule has 5 heteroatoms. The number of esters is 1. The van der Waals surface area contributed by atoms with Gasteiger partial charge in [0.1, 0.15) is 6.61 Å². The average molecular weight is 236 g/mol. The Morgan fingerprint density at radius 1 is 1.43 bits per heavy atom. The molecule has 3 nitrogen and oxygen atoms in total. The van der Waals surface area contributed by atoms with Gasteiger partial charge < -0.3 is 9.47 Å². The molecule has 0 N–H and O–H groups in total. The van der Waals surface area contributed by atoms with E-state index in [0.717, 1.165) is 0 Å². The second-order valence-electron chi connectivity index (χ2n) is 3.35. The van der Waals surface area contributed by atoms with Crippen LogP contribution in [0.3, 0.4) is 0 Å². The van der Waals surface area contributed by atoms with Crippen LogP contribution in [0.1, 0.15) is 20.8 Å². The van der Waals surface area contributed by atoms with E-state index in [1.807, 2.05) is 6.26 Å². The molecule has 0 heterocycles. The molecule has 0 aliphatic carbocycles. The summed E-state index contributed by atoms with van der Waals surface area (Å²) in [5.74, 6) is -0.260. The summed E-state index contributed by atoms with van der Waals surface area (Å²) in [5, 5.41) is 0. The minimum absolute atomic E-state index is 0.255. The van der Waals surface area contributed by atoms with E-state index < -0.39 is 5.41 Å². The molecular formula is C9H16O3S2. The van der Waals surface area contributed by atoms with Gasteiger partial charge in [-0.3, -0.25) is 4.79 Å². The molecule has 0 unspecified atom stereocenters. The van der Waals surface area contributed by atoms with Crippen LogP contribution in [0.25, 0.3) is 0 Å². The smallest absolute Gasteiger partial charge is 0.314 e. The zero-order valence-corrected chi connectivity index (χ0v) is 10.6. The van der Waals surface area contributed by atoms with Crippen LogP contribution in [0, 0.1) is 5.41 Å². The van der Waals surface area contributed by atoms with E-state index in [1.165, 1.54) is 11.8 Å². The summed E-state index contributed by atoms with van der Waals surface area (Å²) in [6.07, 6.45) is 1.83. The number of carbonyl (C=O) groups excluding carboxylic acids is 1. The number of thiocarbonyl (C=S) groups is 1. The number of rotatable bonds is 4. The van der Waals surface area contributed by atoms with Crippen LogP contribution < -0.4 is 0 Å². The van der Waals surface area contributed by atoms with Crippen LogP contribution in [-0.2, 0) is 14.3 Å². The normalized spacial score (nSPS) is 10.9. The lowest BCUT2D eigenvalue weighted by Gasteiger charge is -2.21. The molecule has 0 spiro atoms. The lowest BCUT2D eigenvalue weighted by atomic mass is 9.95. The summed E-state index contributed by atoms with van der Waals surface area (Å²) < 4.78 is 10.6.